The van der Waals surface area contributed by atoms with E-state index in [1.165, 1.54) is 0 Å². The molecule has 12 heteroatoms. The van der Waals surface area contributed by atoms with Gasteiger partial charge in [0.2, 0.25) is 23.6 Å². The number of carbonyl (C=O) groups is 5. The van der Waals surface area contributed by atoms with Crippen molar-refractivity contribution < 1.29 is 29.1 Å². The fourth-order valence-electron chi connectivity index (χ4n) is 2.74. The number of unbranched alkanes of at least 4 members (excludes halogenated alkanes) is 1. The molecule has 0 heterocycles. The van der Waals surface area contributed by atoms with Gasteiger partial charge in [0.25, 0.3) is 0 Å². The minimum atomic E-state index is -1.19. The molecule has 0 aliphatic carbocycles. The molecule has 0 bridgehead atoms. The summed E-state index contributed by atoms with van der Waals surface area (Å²) in [7, 11) is 0. The van der Waals surface area contributed by atoms with Crippen molar-refractivity contribution >= 4 is 29.6 Å². The zero-order valence-electron chi connectivity index (χ0n) is 18.2. The maximum absolute atomic E-state index is 12.4. The monoisotopic (exact) mass is 444 g/mol. The van der Waals surface area contributed by atoms with E-state index in [2.05, 4.69) is 16.0 Å². The molecule has 0 aliphatic rings. The molecule has 0 aromatic heterocycles. The third kappa shape index (κ3) is 13.2. The number of aliphatic carboxylic acids is 1. The lowest BCUT2D eigenvalue weighted by Gasteiger charge is -2.21. The van der Waals surface area contributed by atoms with Crippen LogP contribution in [0.2, 0.25) is 0 Å². The Kier molecular flexibility index (Phi) is 13.8. The summed E-state index contributed by atoms with van der Waals surface area (Å²) in [5.41, 5.74) is 16.3. The van der Waals surface area contributed by atoms with E-state index >= 15 is 0 Å². The smallest absolute Gasteiger partial charge is 0.326 e. The van der Waals surface area contributed by atoms with Gasteiger partial charge in [-0.1, -0.05) is 13.8 Å². The summed E-state index contributed by atoms with van der Waals surface area (Å²) in [6.45, 7) is 3.70. The summed E-state index contributed by atoms with van der Waals surface area (Å²) in [6.07, 6.45) is 1.52. The number of hydrogen-bond acceptors (Lipinski definition) is 7. The van der Waals surface area contributed by atoms with Crippen molar-refractivity contribution in [2.45, 2.75) is 70.5 Å². The van der Waals surface area contributed by atoms with Crippen molar-refractivity contribution in [2.24, 2.45) is 23.1 Å². The van der Waals surface area contributed by atoms with Crippen LogP contribution in [0, 0.1) is 5.92 Å². The van der Waals surface area contributed by atoms with E-state index in [9.17, 15) is 29.1 Å². The molecule has 0 spiro atoms. The van der Waals surface area contributed by atoms with Crippen molar-refractivity contribution in [3.05, 3.63) is 0 Å². The lowest BCUT2D eigenvalue weighted by Crippen LogP contribution is -2.53. The molecule has 0 radical (unpaired) electrons. The Morgan fingerprint density at radius 1 is 0.935 bits per heavy atom. The summed E-state index contributed by atoms with van der Waals surface area (Å²) < 4.78 is 0. The molecule has 178 valence electrons. The van der Waals surface area contributed by atoms with Crippen LogP contribution in [0.3, 0.4) is 0 Å². The third-order valence-corrected chi connectivity index (χ3v) is 4.38. The lowest BCUT2D eigenvalue weighted by atomic mass is 10.0. The predicted molar refractivity (Wildman–Crippen MR) is 113 cm³/mol. The fraction of sp³-hybridized carbons (Fsp3) is 0.737. The Bertz CT molecular complexity index is 627. The highest BCUT2D eigenvalue weighted by molar-refractivity contribution is 5.92. The van der Waals surface area contributed by atoms with E-state index in [1.807, 2.05) is 13.8 Å². The van der Waals surface area contributed by atoms with E-state index in [1.54, 1.807) is 0 Å². The molecule has 4 amide bonds. The third-order valence-electron chi connectivity index (χ3n) is 4.38. The molecule has 0 aromatic rings. The summed E-state index contributed by atoms with van der Waals surface area (Å²) in [4.78, 5) is 59.0. The van der Waals surface area contributed by atoms with Gasteiger partial charge in [-0.2, -0.15) is 0 Å². The Morgan fingerprint density at radius 3 is 2.10 bits per heavy atom. The normalized spacial score (nSPS) is 13.7. The first kappa shape index (κ1) is 28.3. The Hall–Kier alpha value is -2.73. The van der Waals surface area contributed by atoms with Gasteiger partial charge in [-0.3, -0.25) is 19.2 Å². The van der Waals surface area contributed by atoms with Crippen molar-refractivity contribution in [1.82, 2.24) is 16.0 Å². The largest absolute Gasteiger partial charge is 0.480 e. The van der Waals surface area contributed by atoms with Crippen LogP contribution in [0.4, 0.5) is 0 Å². The molecule has 3 atom stereocenters. The van der Waals surface area contributed by atoms with Crippen LogP contribution in [0.5, 0.6) is 0 Å². The van der Waals surface area contributed by atoms with Crippen LogP contribution >= 0.6 is 0 Å². The second-order valence-electron chi connectivity index (χ2n) is 7.76. The van der Waals surface area contributed by atoms with Gasteiger partial charge in [-0.05, 0) is 44.6 Å². The zero-order chi connectivity index (χ0) is 24.0. The lowest BCUT2D eigenvalue weighted by molar-refractivity contribution is -0.142. The number of nitrogens with two attached hydrogens (primary N) is 3. The maximum Gasteiger partial charge on any atom is 0.326 e. The molecule has 0 aliphatic heterocycles. The first-order chi connectivity index (χ1) is 14.5. The van der Waals surface area contributed by atoms with Gasteiger partial charge in [0.1, 0.15) is 12.1 Å². The average Bonchev–Trinajstić information content (AvgIpc) is 2.67. The van der Waals surface area contributed by atoms with Gasteiger partial charge in [0.05, 0.1) is 12.6 Å². The molecule has 31 heavy (non-hydrogen) atoms. The molecule has 10 N–H and O–H groups in total. The van der Waals surface area contributed by atoms with Crippen molar-refractivity contribution in [3.63, 3.8) is 0 Å². The van der Waals surface area contributed by atoms with Gasteiger partial charge in [-0.15, -0.1) is 0 Å². The molecule has 0 fully saturated rings. The van der Waals surface area contributed by atoms with Crippen LogP contribution in [-0.4, -0.2) is 65.9 Å². The molecule has 12 nitrogen and oxygen atoms in total. The van der Waals surface area contributed by atoms with Crippen LogP contribution < -0.4 is 33.2 Å². The second-order valence-corrected chi connectivity index (χ2v) is 7.76. The first-order valence-electron chi connectivity index (χ1n) is 10.3. The number of primary amides is 1. The molecular formula is C19H36N6O6. The van der Waals surface area contributed by atoms with E-state index < -0.39 is 54.3 Å². The topological polar surface area (TPSA) is 220 Å². The highest BCUT2D eigenvalue weighted by atomic mass is 16.4. The first-order valence-corrected chi connectivity index (χ1v) is 10.3. The minimum Gasteiger partial charge on any atom is -0.480 e. The minimum absolute atomic E-state index is 0.0697. The number of nitrogens with one attached hydrogen (secondary N) is 3. The average molecular weight is 445 g/mol. The Balaban J connectivity index is 4.85. The number of carbonyl (C=O) groups excluding carboxylic acids is 4. The Labute approximate surface area is 182 Å². The van der Waals surface area contributed by atoms with E-state index in [0.717, 1.165) is 0 Å². The zero-order valence-corrected chi connectivity index (χ0v) is 18.2. The molecule has 0 aromatic carbocycles. The summed E-state index contributed by atoms with van der Waals surface area (Å²) in [5.74, 6) is -3.66. The summed E-state index contributed by atoms with van der Waals surface area (Å²) in [6, 6.07) is -3.06. The number of carboxylic acids is 1. The summed E-state index contributed by atoms with van der Waals surface area (Å²) in [5, 5.41) is 16.3. The van der Waals surface area contributed by atoms with Crippen molar-refractivity contribution in [3.8, 4) is 0 Å². The standard InChI is InChI=1S/C19H36N6O6/c1-11(2)9-12(21)17(28)25-13(6-7-15(22)26)18(29)23-10-16(27)24-14(19(30)31)5-3-4-8-20/h11-14H,3-10,20-21H2,1-2H3,(H2,22,26)(H,23,29)(H,24,27)(H,25,28)(H,30,31). The number of hydrogen-bond donors (Lipinski definition) is 7. The predicted octanol–water partition coefficient (Wildman–Crippen LogP) is -2.08. The quantitative estimate of drug-likeness (QED) is 0.131. The van der Waals surface area contributed by atoms with Crippen LogP contribution in [0.25, 0.3) is 0 Å². The molecule has 0 saturated carbocycles. The van der Waals surface area contributed by atoms with Gasteiger partial charge in [0, 0.05) is 6.42 Å². The fourth-order valence-corrected chi connectivity index (χ4v) is 2.74. The molecule has 0 saturated heterocycles. The second kappa shape index (κ2) is 15.1. The van der Waals surface area contributed by atoms with Gasteiger partial charge < -0.3 is 38.3 Å². The number of carboxylic acid groups (broad SMARTS) is 1. The van der Waals surface area contributed by atoms with Crippen molar-refractivity contribution in [1.29, 1.82) is 0 Å². The Morgan fingerprint density at radius 2 is 1.58 bits per heavy atom. The van der Waals surface area contributed by atoms with E-state index in [0.29, 0.717) is 25.8 Å². The van der Waals surface area contributed by atoms with Crippen molar-refractivity contribution in [2.75, 3.05) is 13.1 Å². The van der Waals surface area contributed by atoms with E-state index in [4.69, 9.17) is 17.2 Å². The molecular weight excluding hydrogens is 408 g/mol. The van der Waals surface area contributed by atoms with Crippen LogP contribution in [0.1, 0.15) is 52.4 Å². The maximum atomic E-state index is 12.4. The van der Waals surface area contributed by atoms with Gasteiger partial charge >= 0.3 is 5.97 Å². The molecule has 0 rings (SSSR count). The highest BCUT2D eigenvalue weighted by Crippen LogP contribution is 2.05. The SMILES string of the molecule is CC(C)CC(N)C(=O)NC(CCC(N)=O)C(=O)NCC(=O)NC(CCCCN)C(=O)O. The van der Waals surface area contributed by atoms with Crippen LogP contribution in [-0.2, 0) is 24.0 Å². The van der Waals surface area contributed by atoms with Crippen LogP contribution in [0.15, 0.2) is 0 Å². The summed E-state index contributed by atoms with van der Waals surface area (Å²) >= 11 is 0. The van der Waals surface area contributed by atoms with Gasteiger partial charge in [0.15, 0.2) is 0 Å². The number of amides is 4. The number of rotatable bonds is 16. The highest BCUT2D eigenvalue weighted by Gasteiger charge is 2.25. The van der Waals surface area contributed by atoms with Gasteiger partial charge in [-0.25, -0.2) is 4.79 Å². The molecule has 3 unspecified atom stereocenters. The van der Waals surface area contributed by atoms with E-state index in [-0.39, 0.29) is 25.2 Å².